The summed E-state index contributed by atoms with van der Waals surface area (Å²) in [7, 11) is 0. The van der Waals surface area contributed by atoms with Gasteiger partial charge in [0.25, 0.3) is 0 Å². The highest BCUT2D eigenvalue weighted by atomic mass is 16.4. The molecule has 0 atom stereocenters. The van der Waals surface area contributed by atoms with E-state index >= 15 is 0 Å². The van der Waals surface area contributed by atoms with Gasteiger partial charge in [0.1, 0.15) is 0 Å². The number of unbranched alkanes of at least 4 members (excludes halogenated alkanes) is 1. The van der Waals surface area contributed by atoms with Crippen LogP contribution in [-0.4, -0.2) is 11.1 Å². The zero-order valence-electron chi connectivity index (χ0n) is 11.6. The molecule has 0 aliphatic carbocycles. The number of hydrogen-bond donors (Lipinski definition) is 2. The molecule has 0 heterocycles. The number of carboxylic acids is 1. The molecule has 0 aliphatic heterocycles. The van der Waals surface area contributed by atoms with Crippen LogP contribution in [0.5, 0.6) is 0 Å². The molecule has 0 bridgehead atoms. The third-order valence-electron chi connectivity index (χ3n) is 3.44. The smallest absolute Gasteiger partial charge is 0.336 e. The standard InChI is InChI=1S/C17H19NO2/c1-2-3-7-12-8-6-11-14(16(12)18)13-9-4-5-10-15(13)17(19)20/h4-6,8-11H,2-3,7,18H2,1H3,(H,19,20). The van der Waals surface area contributed by atoms with Gasteiger partial charge in [0.15, 0.2) is 0 Å². The first-order valence-electron chi connectivity index (χ1n) is 6.85. The van der Waals surface area contributed by atoms with Crippen molar-refractivity contribution in [3.8, 4) is 11.1 Å². The average molecular weight is 269 g/mol. The van der Waals surface area contributed by atoms with Gasteiger partial charge in [-0.25, -0.2) is 4.79 Å². The van der Waals surface area contributed by atoms with Crippen LogP contribution in [0.25, 0.3) is 11.1 Å². The van der Waals surface area contributed by atoms with Crippen molar-refractivity contribution < 1.29 is 9.90 Å². The quantitative estimate of drug-likeness (QED) is 0.807. The molecule has 104 valence electrons. The number of para-hydroxylation sites is 1. The SMILES string of the molecule is CCCCc1cccc(-c2ccccc2C(=O)O)c1N. The van der Waals surface area contributed by atoms with E-state index in [1.807, 2.05) is 24.3 Å². The van der Waals surface area contributed by atoms with Crippen LogP contribution in [0.4, 0.5) is 5.69 Å². The fourth-order valence-electron chi connectivity index (χ4n) is 2.34. The van der Waals surface area contributed by atoms with Gasteiger partial charge in [0, 0.05) is 11.3 Å². The maximum atomic E-state index is 11.3. The van der Waals surface area contributed by atoms with Crippen molar-refractivity contribution in [2.24, 2.45) is 0 Å². The van der Waals surface area contributed by atoms with Crippen molar-refractivity contribution in [3.05, 3.63) is 53.6 Å². The van der Waals surface area contributed by atoms with Gasteiger partial charge in [-0.3, -0.25) is 0 Å². The molecule has 3 nitrogen and oxygen atoms in total. The van der Waals surface area contributed by atoms with Gasteiger partial charge in [-0.05, 0) is 30.0 Å². The third kappa shape index (κ3) is 2.82. The minimum Gasteiger partial charge on any atom is -0.478 e. The molecule has 0 saturated heterocycles. The summed E-state index contributed by atoms with van der Waals surface area (Å²) in [4.78, 5) is 11.3. The van der Waals surface area contributed by atoms with Crippen molar-refractivity contribution in [3.63, 3.8) is 0 Å². The number of aromatic carboxylic acids is 1. The van der Waals surface area contributed by atoms with Crippen molar-refractivity contribution in [2.75, 3.05) is 5.73 Å². The van der Waals surface area contributed by atoms with Crippen LogP contribution in [0.1, 0.15) is 35.7 Å². The Morgan fingerprint density at radius 3 is 2.50 bits per heavy atom. The van der Waals surface area contributed by atoms with Crippen LogP contribution in [0, 0.1) is 0 Å². The minimum absolute atomic E-state index is 0.284. The molecule has 0 unspecified atom stereocenters. The number of anilines is 1. The van der Waals surface area contributed by atoms with Crippen LogP contribution in [0.2, 0.25) is 0 Å². The molecule has 20 heavy (non-hydrogen) atoms. The molecule has 0 saturated carbocycles. The molecular weight excluding hydrogens is 250 g/mol. The van der Waals surface area contributed by atoms with Crippen LogP contribution < -0.4 is 5.73 Å². The first kappa shape index (κ1) is 14.1. The summed E-state index contributed by atoms with van der Waals surface area (Å²) < 4.78 is 0. The molecule has 2 aromatic carbocycles. The fraction of sp³-hybridized carbons (Fsp3) is 0.235. The molecule has 2 rings (SSSR count). The summed E-state index contributed by atoms with van der Waals surface area (Å²) in [5, 5.41) is 9.29. The van der Waals surface area contributed by atoms with Gasteiger partial charge >= 0.3 is 5.97 Å². The van der Waals surface area contributed by atoms with Crippen LogP contribution >= 0.6 is 0 Å². The molecule has 2 aromatic rings. The Morgan fingerprint density at radius 1 is 1.10 bits per heavy atom. The number of nitrogens with two attached hydrogens (primary N) is 1. The summed E-state index contributed by atoms with van der Waals surface area (Å²) in [6.45, 7) is 2.14. The van der Waals surface area contributed by atoms with E-state index in [0.29, 0.717) is 11.3 Å². The van der Waals surface area contributed by atoms with E-state index in [0.717, 1.165) is 30.4 Å². The third-order valence-corrected chi connectivity index (χ3v) is 3.44. The lowest BCUT2D eigenvalue weighted by molar-refractivity contribution is 0.0698. The molecule has 0 amide bonds. The fourth-order valence-corrected chi connectivity index (χ4v) is 2.34. The average Bonchev–Trinajstić information content (AvgIpc) is 2.46. The number of carboxylic acid groups (broad SMARTS) is 1. The zero-order chi connectivity index (χ0) is 14.5. The summed E-state index contributed by atoms with van der Waals surface area (Å²) >= 11 is 0. The lowest BCUT2D eigenvalue weighted by Crippen LogP contribution is -2.02. The van der Waals surface area contributed by atoms with Gasteiger partial charge in [-0.2, -0.15) is 0 Å². The lowest BCUT2D eigenvalue weighted by Gasteiger charge is -2.13. The van der Waals surface area contributed by atoms with E-state index in [1.54, 1.807) is 18.2 Å². The van der Waals surface area contributed by atoms with Crippen molar-refractivity contribution in [2.45, 2.75) is 26.2 Å². The first-order chi connectivity index (χ1) is 9.65. The Morgan fingerprint density at radius 2 is 1.80 bits per heavy atom. The van der Waals surface area contributed by atoms with Crippen LogP contribution in [-0.2, 0) is 6.42 Å². The summed E-state index contributed by atoms with van der Waals surface area (Å²) in [6.07, 6.45) is 3.11. The maximum Gasteiger partial charge on any atom is 0.336 e. The van der Waals surface area contributed by atoms with Gasteiger partial charge in [0.05, 0.1) is 5.56 Å². The van der Waals surface area contributed by atoms with Crippen LogP contribution in [0.3, 0.4) is 0 Å². The highest BCUT2D eigenvalue weighted by molar-refractivity contribution is 5.98. The molecule has 0 aliphatic rings. The van der Waals surface area contributed by atoms with E-state index in [1.165, 1.54) is 0 Å². The molecule has 0 radical (unpaired) electrons. The monoisotopic (exact) mass is 269 g/mol. The van der Waals surface area contributed by atoms with E-state index in [9.17, 15) is 9.90 Å². The number of nitrogen functional groups attached to an aromatic ring is 1. The Kier molecular flexibility index (Phi) is 4.41. The first-order valence-corrected chi connectivity index (χ1v) is 6.85. The summed E-state index contributed by atoms with van der Waals surface area (Å²) in [6, 6.07) is 12.8. The van der Waals surface area contributed by atoms with E-state index in [2.05, 4.69) is 6.92 Å². The van der Waals surface area contributed by atoms with Gasteiger partial charge in [-0.1, -0.05) is 49.7 Å². The number of benzene rings is 2. The second-order valence-corrected chi connectivity index (χ2v) is 4.83. The largest absolute Gasteiger partial charge is 0.478 e. The second kappa shape index (κ2) is 6.24. The topological polar surface area (TPSA) is 63.3 Å². The molecule has 3 heteroatoms. The molecular formula is C17H19NO2. The minimum atomic E-state index is -0.932. The predicted molar refractivity (Wildman–Crippen MR) is 81.9 cm³/mol. The Hall–Kier alpha value is -2.29. The van der Waals surface area contributed by atoms with Crippen LogP contribution in [0.15, 0.2) is 42.5 Å². The van der Waals surface area contributed by atoms with E-state index in [-0.39, 0.29) is 5.56 Å². The maximum absolute atomic E-state index is 11.3. The van der Waals surface area contributed by atoms with E-state index < -0.39 is 5.97 Å². The molecule has 0 fully saturated rings. The number of carbonyl (C=O) groups is 1. The van der Waals surface area contributed by atoms with Gasteiger partial charge in [0.2, 0.25) is 0 Å². The van der Waals surface area contributed by atoms with E-state index in [4.69, 9.17) is 5.73 Å². The molecule has 0 spiro atoms. The number of hydrogen-bond acceptors (Lipinski definition) is 2. The number of aryl methyl sites for hydroxylation is 1. The van der Waals surface area contributed by atoms with Crippen molar-refractivity contribution in [1.82, 2.24) is 0 Å². The highest BCUT2D eigenvalue weighted by Gasteiger charge is 2.14. The zero-order valence-corrected chi connectivity index (χ0v) is 11.6. The predicted octanol–water partition coefficient (Wildman–Crippen LogP) is 3.98. The molecule has 3 N–H and O–H groups in total. The lowest BCUT2D eigenvalue weighted by atomic mass is 9.94. The Balaban J connectivity index is 2.51. The van der Waals surface area contributed by atoms with Crippen molar-refractivity contribution >= 4 is 11.7 Å². The summed E-state index contributed by atoms with van der Waals surface area (Å²) in [5.41, 5.74) is 9.77. The summed E-state index contributed by atoms with van der Waals surface area (Å²) in [5.74, 6) is -0.932. The normalized spacial score (nSPS) is 10.4. The van der Waals surface area contributed by atoms with Gasteiger partial charge < -0.3 is 10.8 Å². The Labute approximate surface area is 119 Å². The highest BCUT2D eigenvalue weighted by Crippen LogP contribution is 2.31. The second-order valence-electron chi connectivity index (χ2n) is 4.83. The van der Waals surface area contributed by atoms with Gasteiger partial charge in [-0.15, -0.1) is 0 Å². The molecule has 0 aromatic heterocycles. The number of rotatable bonds is 5. The Bertz CT molecular complexity index is 620. The van der Waals surface area contributed by atoms with Crippen molar-refractivity contribution in [1.29, 1.82) is 0 Å².